The van der Waals surface area contributed by atoms with E-state index in [2.05, 4.69) is 5.32 Å². The summed E-state index contributed by atoms with van der Waals surface area (Å²) in [5.74, 6) is 0.170. The maximum absolute atomic E-state index is 12.2. The van der Waals surface area contributed by atoms with Crippen molar-refractivity contribution in [2.24, 2.45) is 0 Å². The van der Waals surface area contributed by atoms with Gasteiger partial charge in [-0.25, -0.2) is 8.42 Å². The van der Waals surface area contributed by atoms with E-state index in [1.807, 2.05) is 4.90 Å². The minimum Gasteiger partial charge on any atom is -0.399 e. The molecule has 1 aromatic rings. The van der Waals surface area contributed by atoms with Crippen LogP contribution in [0.15, 0.2) is 24.3 Å². The van der Waals surface area contributed by atoms with Crippen LogP contribution in [0.4, 0.5) is 11.4 Å². The topological polar surface area (TPSA) is 92.5 Å². The number of carbonyl (C=O) groups excluding carboxylic acids is 1. The lowest BCUT2D eigenvalue weighted by atomic mass is 10.1. The number of benzene rings is 1. The van der Waals surface area contributed by atoms with Crippen molar-refractivity contribution in [3.8, 4) is 0 Å². The normalized spacial score (nSPS) is 22.1. The van der Waals surface area contributed by atoms with Crippen LogP contribution in [0, 0.1) is 0 Å². The van der Waals surface area contributed by atoms with Crippen LogP contribution in [0.2, 0.25) is 0 Å². The van der Waals surface area contributed by atoms with Gasteiger partial charge < -0.3 is 11.1 Å². The summed E-state index contributed by atoms with van der Waals surface area (Å²) in [6.45, 7) is 1.78. The van der Waals surface area contributed by atoms with Gasteiger partial charge in [0.1, 0.15) is 0 Å². The molecule has 1 amide bonds. The Balaban J connectivity index is 1.97. The van der Waals surface area contributed by atoms with Crippen molar-refractivity contribution in [3.05, 3.63) is 24.3 Å². The van der Waals surface area contributed by atoms with E-state index in [1.165, 1.54) is 0 Å². The maximum atomic E-state index is 12.2. The van der Waals surface area contributed by atoms with Crippen LogP contribution in [0.25, 0.3) is 0 Å². The fourth-order valence-electron chi connectivity index (χ4n) is 2.41. The van der Waals surface area contributed by atoms with Crippen LogP contribution in [-0.4, -0.2) is 49.9 Å². The molecule has 6 nitrogen and oxygen atoms in total. The molecule has 3 N–H and O–H groups in total. The Morgan fingerprint density at radius 1 is 1.38 bits per heavy atom. The smallest absolute Gasteiger partial charge is 0.241 e. The third kappa shape index (κ3) is 3.95. The molecule has 21 heavy (non-hydrogen) atoms. The number of hydrogen-bond acceptors (Lipinski definition) is 5. The van der Waals surface area contributed by atoms with E-state index in [0.29, 0.717) is 17.8 Å². The predicted octanol–water partition coefficient (Wildman–Crippen LogP) is 0.715. The first-order valence-electron chi connectivity index (χ1n) is 6.87. The van der Waals surface area contributed by atoms with E-state index in [9.17, 15) is 13.2 Å². The van der Waals surface area contributed by atoms with Gasteiger partial charge in [0.2, 0.25) is 5.91 Å². The van der Waals surface area contributed by atoms with Gasteiger partial charge in [-0.1, -0.05) is 0 Å². The Morgan fingerprint density at radius 3 is 2.52 bits per heavy atom. The van der Waals surface area contributed by atoms with Crippen molar-refractivity contribution >= 4 is 27.1 Å². The third-order valence-corrected chi connectivity index (χ3v) is 5.70. The molecule has 0 aromatic heterocycles. The van der Waals surface area contributed by atoms with Crippen LogP contribution in [-0.2, 0) is 14.6 Å². The number of hydrogen-bond donors (Lipinski definition) is 2. The number of rotatable bonds is 4. The average molecular weight is 311 g/mol. The molecule has 1 heterocycles. The highest BCUT2D eigenvalue weighted by Crippen LogP contribution is 2.19. The molecular formula is C14H21N3O3S. The van der Waals surface area contributed by atoms with Crippen LogP contribution in [0.5, 0.6) is 0 Å². The van der Waals surface area contributed by atoms with Crippen LogP contribution in [0.3, 0.4) is 0 Å². The number of anilines is 2. The molecule has 1 fully saturated rings. The molecule has 116 valence electrons. The zero-order valence-corrected chi connectivity index (χ0v) is 13.1. The van der Waals surface area contributed by atoms with E-state index in [0.717, 1.165) is 0 Å². The van der Waals surface area contributed by atoms with Crippen LogP contribution < -0.4 is 11.1 Å². The summed E-state index contributed by atoms with van der Waals surface area (Å²) in [4.78, 5) is 14.1. The Hall–Kier alpha value is -1.60. The number of likely N-dealkylation sites (N-methyl/N-ethyl adjacent to an activating group) is 1. The van der Waals surface area contributed by atoms with Crippen LogP contribution >= 0.6 is 0 Å². The Bertz CT molecular complexity index is 613. The molecule has 0 aliphatic carbocycles. The molecule has 2 unspecified atom stereocenters. The molecular weight excluding hydrogens is 290 g/mol. The van der Waals surface area contributed by atoms with Crippen molar-refractivity contribution in [3.63, 3.8) is 0 Å². The zero-order valence-electron chi connectivity index (χ0n) is 12.2. The Labute approximate surface area is 125 Å². The summed E-state index contributed by atoms with van der Waals surface area (Å²) < 4.78 is 23.0. The van der Waals surface area contributed by atoms with E-state index in [-0.39, 0.29) is 23.5 Å². The lowest BCUT2D eigenvalue weighted by Gasteiger charge is -2.28. The number of amides is 1. The van der Waals surface area contributed by atoms with Crippen molar-refractivity contribution in [2.75, 3.05) is 29.6 Å². The van der Waals surface area contributed by atoms with E-state index in [1.54, 1.807) is 38.2 Å². The summed E-state index contributed by atoms with van der Waals surface area (Å²) in [6, 6.07) is 6.41. The van der Waals surface area contributed by atoms with Gasteiger partial charge in [0.05, 0.1) is 17.5 Å². The standard InChI is InChI=1S/C14H21N3O3S/c1-10(17(2)13-7-8-21(19,20)9-13)14(18)16-12-5-3-11(15)4-6-12/h3-6,10,13H,7-9,15H2,1-2H3,(H,16,18). The fourth-order valence-corrected chi connectivity index (χ4v) is 4.20. The van der Waals surface area contributed by atoms with Crippen molar-refractivity contribution in [2.45, 2.75) is 25.4 Å². The van der Waals surface area contributed by atoms with Gasteiger partial charge in [0, 0.05) is 17.4 Å². The number of carbonyl (C=O) groups is 1. The van der Waals surface area contributed by atoms with Gasteiger partial charge in [-0.05, 0) is 44.7 Å². The van der Waals surface area contributed by atoms with E-state index >= 15 is 0 Å². The van der Waals surface area contributed by atoms with E-state index in [4.69, 9.17) is 5.73 Å². The highest BCUT2D eigenvalue weighted by molar-refractivity contribution is 7.91. The molecule has 1 saturated heterocycles. The second-order valence-electron chi connectivity index (χ2n) is 5.51. The quantitative estimate of drug-likeness (QED) is 0.799. The second kappa shape index (κ2) is 6.03. The first-order valence-corrected chi connectivity index (χ1v) is 8.69. The first kappa shape index (κ1) is 15.8. The molecule has 7 heteroatoms. The van der Waals surface area contributed by atoms with Gasteiger partial charge in [0.15, 0.2) is 9.84 Å². The number of nitrogens with two attached hydrogens (primary N) is 1. The van der Waals surface area contributed by atoms with Gasteiger partial charge in [0.25, 0.3) is 0 Å². The molecule has 0 radical (unpaired) electrons. The largest absolute Gasteiger partial charge is 0.399 e. The van der Waals surface area contributed by atoms with Crippen molar-refractivity contribution < 1.29 is 13.2 Å². The average Bonchev–Trinajstić information content (AvgIpc) is 2.80. The Morgan fingerprint density at radius 2 is 2.00 bits per heavy atom. The number of nitrogens with zero attached hydrogens (tertiary/aromatic N) is 1. The van der Waals surface area contributed by atoms with Gasteiger partial charge in [-0.15, -0.1) is 0 Å². The molecule has 1 aromatic carbocycles. The molecule has 2 atom stereocenters. The maximum Gasteiger partial charge on any atom is 0.241 e. The number of sulfone groups is 1. The van der Waals surface area contributed by atoms with Gasteiger partial charge >= 0.3 is 0 Å². The second-order valence-corrected chi connectivity index (χ2v) is 7.74. The van der Waals surface area contributed by atoms with E-state index < -0.39 is 15.9 Å². The SMILES string of the molecule is CC(C(=O)Nc1ccc(N)cc1)N(C)C1CCS(=O)(=O)C1. The summed E-state index contributed by atoms with van der Waals surface area (Å²) in [7, 11) is -1.16. The molecule has 0 spiro atoms. The van der Waals surface area contributed by atoms with Gasteiger partial charge in [-0.3, -0.25) is 9.69 Å². The summed E-state index contributed by atoms with van der Waals surface area (Å²) in [5.41, 5.74) is 6.90. The molecule has 1 aliphatic heterocycles. The monoisotopic (exact) mass is 311 g/mol. The first-order chi connectivity index (χ1) is 9.78. The summed E-state index contributed by atoms with van der Waals surface area (Å²) in [6.07, 6.45) is 0.582. The predicted molar refractivity (Wildman–Crippen MR) is 83.8 cm³/mol. The Kier molecular flexibility index (Phi) is 4.53. The molecule has 2 rings (SSSR count). The van der Waals surface area contributed by atoms with Crippen molar-refractivity contribution in [1.29, 1.82) is 0 Å². The third-order valence-electron chi connectivity index (χ3n) is 3.95. The zero-order chi connectivity index (χ0) is 15.6. The number of nitrogens with one attached hydrogen (secondary N) is 1. The van der Waals surface area contributed by atoms with Gasteiger partial charge in [-0.2, -0.15) is 0 Å². The lowest BCUT2D eigenvalue weighted by Crippen LogP contribution is -2.45. The summed E-state index contributed by atoms with van der Waals surface area (Å²) in [5, 5.41) is 2.81. The summed E-state index contributed by atoms with van der Waals surface area (Å²) >= 11 is 0. The molecule has 0 saturated carbocycles. The number of nitrogen functional groups attached to an aromatic ring is 1. The minimum atomic E-state index is -2.95. The van der Waals surface area contributed by atoms with Crippen LogP contribution in [0.1, 0.15) is 13.3 Å². The highest BCUT2D eigenvalue weighted by Gasteiger charge is 2.34. The highest BCUT2D eigenvalue weighted by atomic mass is 32.2. The van der Waals surface area contributed by atoms with Crippen molar-refractivity contribution in [1.82, 2.24) is 4.90 Å². The molecule has 1 aliphatic rings. The minimum absolute atomic E-state index is 0.0952. The fraction of sp³-hybridized carbons (Fsp3) is 0.500. The lowest BCUT2D eigenvalue weighted by molar-refractivity contribution is -0.120. The molecule has 0 bridgehead atoms.